The van der Waals surface area contributed by atoms with Gasteiger partial charge < -0.3 is 20.1 Å². The number of carbonyl (C=O) groups is 2. The predicted molar refractivity (Wildman–Crippen MR) is 134 cm³/mol. The molecule has 2 fully saturated rings. The van der Waals surface area contributed by atoms with Crippen molar-refractivity contribution in [2.24, 2.45) is 5.92 Å². The molecule has 1 aliphatic carbocycles. The maximum atomic E-state index is 11.1. The number of carboxylic acid groups (broad SMARTS) is 1. The molecule has 210 valence electrons. The maximum absolute atomic E-state index is 11.1. The summed E-state index contributed by atoms with van der Waals surface area (Å²) in [7, 11) is 1.73. The Morgan fingerprint density at radius 3 is 2.22 bits per heavy atom. The molecule has 0 spiro atoms. The zero-order valence-electron chi connectivity index (χ0n) is 22.4. The number of halogens is 3. The van der Waals surface area contributed by atoms with Crippen LogP contribution in [0.3, 0.4) is 0 Å². The molecule has 1 saturated heterocycles. The molecule has 0 bridgehead atoms. The summed E-state index contributed by atoms with van der Waals surface area (Å²) >= 11 is 0. The van der Waals surface area contributed by atoms with Crippen LogP contribution < -0.4 is 10.2 Å². The van der Waals surface area contributed by atoms with Crippen LogP contribution in [0.15, 0.2) is 6.07 Å². The molecular formula is C25H40F3N5O4. The lowest BCUT2D eigenvalue weighted by atomic mass is 9.78. The lowest BCUT2D eigenvalue weighted by Gasteiger charge is -2.39. The molecule has 1 saturated carbocycles. The summed E-state index contributed by atoms with van der Waals surface area (Å²) in [6.45, 7) is 14.1. The van der Waals surface area contributed by atoms with Gasteiger partial charge in [0.25, 0.3) is 0 Å². The number of carboxylic acids is 1. The Morgan fingerprint density at radius 2 is 1.73 bits per heavy atom. The molecule has 2 aliphatic rings. The van der Waals surface area contributed by atoms with Crippen LogP contribution in [-0.4, -0.2) is 90.5 Å². The second-order valence-corrected chi connectivity index (χ2v) is 10.7. The number of aliphatic carboxylic acids is 1. The number of nitrogens with zero attached hydrogens (tertiary/aromatic N) is 4. The number of nitrogens with one attached hydrogen (secondary N) is 1. The van der Waals surface area contributed by atoms with Gasteiger partial charge in [-0.25, -0.2) is 14.8 Å². The molecule has 12 heteroatoms. The van der Waals surface area contributed by atoms with Crippen LogP contribution in [0.2, 0.25) is 0 Å². The van der Waals surface area contributed by atoms with Gasteiger partial charge in [0.1, 0.15) is 11.6 Å². The van der Waals surface area contributed by atoms with Crippen molar-refractivity contribution < 1.29 is 32.6 Å². The summed E-state index contributed by atoms with van der Waals surface area (Å²) in [6.07, 6.45) is -0.754. The Labute approximate surface area is 216 Å². The number of hydrogen-bond acceptors (Lipinski definition) is 7. The second-order valence-electron chi connectivity index (χ2n) is 10.7. The predicted octanol–water partition coefficient (Wildman–Crippen LogP) is 3.02. The van der Waals surface area contributed by atoms with Crippen LogP contribution >= 0.6 is 0 Å². The summed E-state index contributed by atoms with van der Waals surface area (Å²) in [5.74, 6) is 0.0660. The number of rotatable bonds is 8. The first kappa shape index (κ1) is 30.8. The number of anilines is 1. The highest BCUT2D eigenvalue weighted by Gasteiger charge is 2.38. The number of ether oxygens (including phenoxy) is 1. The minimum Gasteiger partial charge on any atom is -0.475 e. The Bertz CT molecular complexity index is 893. The zero-order chi connectivity index (χ0) is 27.8. The highest BCUT2D eigenvalue weighted by atomic mass is 19.4. The van der Waals surface area contributed by atoms with E-state index in [9.17, 15) is 18.0 Å². The molecule has 0 radical (unpaired) electrons. The van der Waals surface area contributed by atoms with Crippen LogP contribution in [0.4, 0.5) is 19.0 Å². The van der Waals surface area contributed by atoms with Crippen molar-refractivity contribution >= 4 is 17.7 Å². The molecule has 0 aromatic carbocycles. The van der Waals surface area contributed by atoms with Crippen molar-refractivity contribution in [3.63, 3.8) is 0 Å². The summed E-state index contributed by atoms with van der Waals surface area (Å²) in [6, 6.07) is 2.55. The van der Waals surface area contributed by atoms with E-state index in [0.717, 1.165) is 75.2 Å². The fraction of sp³-hybridized carbons (Fsp3) is 0.760. The van der Waals surface area contributed by atoms with E-state index in [-0.39, 0.29) is 11.3 Å². The van der Waals surface area contributed by atoms with Gasteiger partial charge in [-0.05, 0) is 31.7 Å². The van der Waals surface area contributed by atoms with Crippen LogP contribution in [0, 0.1) is 5.92 Å². The topological polar surface area (TPSA) is 108 Å². The largest absolute Gasteiger partial charge is 0.490 e. The number of piperazine rings is 1. The van der Waals surface area contributed by atoms with E-state index >= 15 is 0 Å². The fourth-order valence-corrected chi connectivity index (χ4v) is 4.26. The molecular weight excluding hydrogens is 491 g/mol. The summed E-state index contributed by atoms with van der Waals surface area (Å²) in [5, 5.41) is 10.1. The van der Waals surface area contributed by atoms with E-state index in [1.54, 1.807) is 14.0 Å². The van der Waals surface area contributed by atoms with Crippen molar-refractivity contribution in [2.75, 3.05) is 51.3 Å². The van der Waals surface area contributed by atoms with Gasteiger partial charge in [0.15, 0.2) is 0 Å². The molecule has 37 heavy (non-hydrogen) atoms. The first-order chi connectivity index (χ1) is 17.2. The van der Waals surface area contributed by atoms with E-state index in [1.165, 1.54) is 6.42 Å². The lowest BCUT2D eigenvalue weighted by Crippen LogP contribution is -2.48. The molecule has 1 aromatic rings. The van der Waals surface area contributed by atoms with Crippen LogP contribution in [-0.2, 0) is 26.2 Å². The normalized spacial score (nSPS) is 20.5. The van der Waals surface area contributed by atoms with E-state index < -0.39 is 12.1 Å². The fourth-order valence-electron chi connectivity index (χ4n) is 4.26. The average Bonchev–Trinajstić information content (AvgIpc) is 2.78. The number of amides is 1. The molecule has 3 rings (SSSR count). The first-order valence-corrected chi connectivity index (χ1v) is 12.6. The summed E-state index contributed by atoms with van der Waals surface area (Å²) in [4.78, 5) is 34.7. The van der Waals surface area contributed by atoms with Crippen LogP contribution in [0.5, 0.6) is 0 Å². The highest BCUT2D eigenvalue weighted by Crippen LogP contribution is 2.30. The number of methoxy groups -OCH3 is 1. The monoisotopic (exact) mass is 531 g/mol. The van der Waals surface area contributed by atoms with Gasteiger partial charge in [0, 0.05) is 69.9 Å². The quantitative estimate of drug-likeness (QED) is 0.527. The molecule has 2 N–H and O–H groups in total. The summed E-state index contributed by atoms with van der Waals surface area (Å²) < 4.78 is 37.0. The highest BCUT2D eigenvalue weighted by molar-refractivity contribution is 5.73. The number of aromatic nitrogens is 2. The van der Waals surface area contributed by atoms with Gasteiger partial charge in [-0.1, -0.05) is 20.8 Å². The Hall–Kier alpha value is -2.47. The number of hydrogen-bond donors (Lipinski definition) is 2. The van der Waals surface area contributed by atoms with Crippen molar-refractivity contribution in [1.29, 1.82) is 0 Å². The van der Waals surface area contributed by atoms with Crippen LogP contribution in [0.25, 0.3) is 0 Å². The third-order valence-corrected chi connectivity index (χ3v) is 6.43. The Morgan fingerprint density at radius 1 is 1.14 bits per heavy atom. The number of carbonyl (C=O) groups excluding carboxylic acids is 1. The Balaban J connectivity index is 0.000000604. The minimum absolute atomic E-state index is 0.0719. The molecule has 0 atom stereocenters. The average molecular weight is 532 g/mol. The molecule has 0 unspecified atom stereocenters. The molecule has 9 nitrogen and oxygen atoms in total. The number of alkyl halides is 3. The van der Waals surface area contributed by atoms with E-state index in [2.05, 4.69) is 42.0 Å². The van der Waals surface area contributed by atoms with Crippen molar-refractivity contribution in [2.45, 2.75) is 71.0 Å². The van der Waals surface area contributed by atoms with Gasteiger partial charge >= 0.3 is 12.1 Å². The maximum Gasteiger partial charge on any atom is 0.490 e. The van der Waals surface area contributed by atoms with Crippen molar-refractivity contribution in [3.8, 4) is 0 Å². The Kier molecular flexibility index (Phi) is 11.1. The molecule has 1 amide bonds. The third kappa shape index (κ3) is 10.4. The van der Waals surface area contributed by atoms with Crippen molar-refractivity contribution in [3.05, 3.63) is 17.6 Å². The second kappa shape index (κ2) is 13.4. The smallest absolute Gasteiger partial charge is 0.475 e. The van der Waals surface area contributed by atoms with Gasteiger partial charge in [-0.2, -0.15) is 13.2 Å². The van der Waals surface area contributed by atoms with E-state index in [1.807, 2.05) is 0 Å². The lowest BCUT2D eigenvalue weighted by molar-refractivity contribution is -0.192. The van der Waals surface area contributed by atoms with Gasteiger partial charge in [-0.3, -0.25) is 9.69 Å². The van der Waals surface area contributed by atoms with Gasteiger partial charge in [-0.15, -0.1) is 0 Å². The summed E-state index contributed by atoms with van der Waals surface area (Å²) in [5.41, 5.74) is 0.991. The van der Waals surface area contributed by atoms with Crippen molar-refractivity contribution in [1.82, 2.24) is 20.2 Å². The van der Waals surface area contributed by atoms with Crippen LogP contribution in [0.1, 0.15) is 58.5 Å². The minimum atomic E-state index is -5.08. The first-order valence-electron chi connectivity index (χ1n) is 12.6. The molecule has 1 aliphatic heterocycles. The van der Waals surface area contributed by atoms with Gasteiger partial charge in [0.2, 0.25) is 5.91 Å². The SMILES string of the molecule is COCCc1cc(N2CCN(CC[C@H]3C[C@@H](NC(C)=O)C3)CC2)nc(C(C)(C)C)n1.O=C(O)C(F)(F)F. The van der Waals surface area contributed by atoms with E-state index in [0.29, 0.717) is 12.6 Å². The van der Waals surface area contributed by atoms with Gasteiger partial charge in [0.05, 0.1) is 6.61 Å². The third-order valence-electron chi connectivity index (χ3n) is 6.43. The standard InChI is InChI=1S/C23H39N5O2.C2HF3O2/c1-17(29)24-20-14-18(15-20)6-8-27-9-11-28(12-10-27)21-16-19(7-13-30-5)25-22(26-21)23(2,3)4;3-2(4,5)1(6)7/h16,18,20H,6-15H2,1-5H3,(H,24,29);(H,6,7)/t18-,20+;. The zero-order valence-corrected chi connectivity index (χ0v) is 22.4. The van der Waals surface area contributed by atoms with E-state index in [4.69, 9.17) is 24.6 Å². The molecule has 1 aromatic heterocycles. The molecule has 2 heterocycles.